The highest BCUT2D eigenvalue weighted by atomic mass is 32.2. The van der Waals surface area contributed by atoms with E-state index in [0.717, 1.165) is 11.1 Å². The first kappa shape index (κ1) is 16.2. The smallest absolute Gasteiger partial charge is 0.371 e. The Morgan fingerprint density at radius 1 is 0.773 bits per heavy atom. The molecule has 118 valence electrons. The first-order valence-electron chi connectivity index (χ1n) is 5.86. The molecule has 5 N–H and O–H groups in total. The molecular weight excluding hydrogens is 330 g/mol. The summed E-state index contributed by atoms with van der Waals surface area (Å²) in [7, 11) is -7.87. The van der Waals surface area contributed by atoms with Gasteiger partial charge in [-0.05, 0) is 35.4 Å². The minimum Gasteiger partial charge on any atom is -0.371 e. The van der Waals surface area contributed by atoms with Crippen LogP contribution in [0, 0.1) is 0 Å². The molecule has 0 bridgehead atoms. The lowest BCUT2D eigenvalue weighted by Crippen LogP contribution is -2.21. The molecule has 0 atom stereocenters. The average Bonchev–Trinajstić information content (AvgIpc) is 2.37. The molecule has 0 aromatic heterocycles. The highest BCUT2D eigenvalue weighted by Crippen LogP contribution is 2.24. The summed E-state index contributed by atoms with van der Waals surface area (Å²) in [4.78, 5) is 0. The van der Waals surface area contributed by atoms with Gasteiger partial charge >= 0.3 is 10.3 Å². The van der Waals surface area contributed by atoms with Crippen molar-refractivity contribution in [2.45, 2.75) is 0 Å². The van der Waals surface area contributed by atoms with E-state index in [1.165, 1.54) is 12.1 Å². The summed E-state index contributed by atoms with van der Waals surface area (Å²) < 4.78 is 50.1. The summed E-state index contributed by atoms with van der Waals surface area (Å²) >= 11 is 0. The van der Waals surface area contributed by atoms with Crippen LogP contribution in [0.15, 0.2) is 48.5 Å². The van der Waals surface area contributed by atoms with Crippen LogP contribution in [0.1, 0.15) is 0 Å². The Bertz CT molecular complexity index is 784. The average molecular weight is 343 g/mol. The Balaban J connectivity index is 2.18. The first-order chi connectivity index (χ1) is 10.1. The van der Waals surface area contributed by atoms with Crippen molar-refractivity contribution in [2.75, 3.05) is 4.72 Å². The Morgan fingerprint density at radius 3 is 1.64 bits per heavy atom. The highest BCUT2D eigenvalue weighted by Gasteiger charge is 2.06. The molecule has 0 unspecified atom stereocenters. The molecule has 0 aliphatic heterocycles. The first-order valence-corrected chi connectivity index (χ1v) is 8.87. The molecule has 8 nitrogen and oxygen atoms in total. The van der Waals surface area contributed by atoms with Crippen LogP contribution in [0.2, 0.25) is 0 Å². The quantitative estimate of drug-likeness (QED) is 0.727. The van der Waals surface area contributed by atoms with Crippen molar-refractivity contribution in [3.8, 4) is 16.9 Å². The fourth-order valence-corrected chi connectivity index (χ4v) is 2.58. The third-order valence-electron chi connectivity index (χ3n) is 2.55. The Morgan fingerprint density at radius 2 is 1.23 bits per heavy atom. The maximum atomic E-state index is 10.9. The van der Waals surface area contributed by atoms with Crippen LogP contribution in [-0.4, -0.2) is 16.8 Å². The van der Waals surface area contributed by atoms with Crippen LogP contribution in [0.5, 0.6) is 5.75 Å². The minimum absolute atomic E-state index is 0.0961. The number of nitrogens with one attached hydrogen (secondary N) is 1. The summed E-state index contributed by atoms with van der Waals surface area (Å²) in [5, 5.41) is 9.64. The maximum Gasteiger partial charge on any atom is 0.380 e. The molecule has 2 rings (SSSR count). The monoisotopic (exact) mass is 343 g/mol. The van der Waals surface area contributed by atoms with Gasteiger partial charge in [-0.15, -0.1) is 0 Å². The lowest BCUT2D eigenvalue weighted by Gasteiger charge is -2.07. The van der Waals surface area contributed by atoms with Crippen LogP contribution in [0.4, 0.5) is 5.69 Å². The van der Waals surface area contributed by atoms with E-state index in [-0.39, 0.29) is 5.75 Å². The van der Waals surface area contributed by atoms with E-state index in [1.54, 1.807) is 36.4 Å². The molecule has 2 aromatic carbocycles. The Kier molecular flexibility index (Phi) is 4.37. The predicted molar refractivity (Wildman–Crippen MR) is 82.3 cm³/mol. The van der Waals surface area contributed by atoms with Crippen LogP contribution < -0.4 is 19.2 Å². The molecule has 0 radical (unpaired) electrons. The van der Waals surface area contributed by atoms with E-state index in [2.05, 4.69) is 8.91 Å². The third-order valence-corrected chi connectivity index (χ3v) is 3.49. The zero-order chi connectivity index (χ0) is 16.4. The van der Waals surface area contributed by atoms with Crippen LogP contribution in [0.3, 0.4) is 0 Å². The van der Waals surface area contributed by atoms with Gasteiger partial charge in [-0.3, -0.25) is 4.72 Å². The number of nitrogens with two attached hydrogens (primary N) is 2. The van der Waals surface area contributed by atoms with Crippen molar-refractivity contribution in [2.24, 2.45) is 10.3 Å². The van der Waals surface area contributed by atoms with E-state index < -0.39 is 20.5 Å². The van der Waals surface area contributed by atoms with Crippen LogP contribution in [-0.2, 0) is 20.5 Å². The van der Waals surface area contributed by atoms with E-state index in [9.17, 15) is 16.8 Å². The van der Waals surface area contributed by atoms with Crippen molar-refractivity contribution < 1.29 is 21.0 Å². The summed E-state index contributed by atoms with van der Waals surface area (Å²) in [5.41, 5.74) is 1.91. The number of benzene rings is 2. The number of hydrogen-bond donors (Lipinski definition) is 3. The topological polar surface area (TPSA) is 142 Å². The summed E-state index contributed by atoms with van der Waals surface area (Å²) in [6.45, 7) is 0. The molecule has 0 fully saturated rings. The van der Waals surface area contributed by atoms with Crippen molar-refractivity contribution in [1.82, 2.24) is 0 Å². The summed E-state index contributed by atoms with van der Waals surface area (Å²) in [6, 6.07) is 12.7. The van der Waals surface area contributed by atoms with Crippen molar-refractivity contribution in [1.29, 1.82) is 0 Å². The van der Waals surface area contributed by atoms with Gasteiger partial charge in [-0.1, -0.05) is 24.3 Å². The van der Waals surface area contributed by atoms with Gasteiger partial charge in [0, 0.05) is 5.69 Å². The third kappa shape index (κ3) is 5.00. The number of hydrogen-bond acceptors (Lipinski definition) is 5. The molecule has 0 heterocycles. The molecule has 22 heavy (non-hydrogen) atoms. The second kappa shape index (κ2) is 5.93. The van der Waals surface area contributed by atoms with E-state index in [1.807, 2.05) is 0 Å². The molecular formula is C12H13N3O5S2. The molecule has 0 amide bonds. The van der Waals surface area contributed by atoms with Gasteiger partial charge in [0.2, 0.25) is 0 Å². The van der Waals surface area contributed by atoms with Gasteiger partial charge in [0.15, 0.2) is 0 Å². The van der Waals surface area contributed by atoms with Gasteiger partial charge in [0.25, 0.3) is 10.2 Å². The fraction of sp³-hybridized carbons (Fsp3) is 0. The zero-order valence-electron chi connectivity index (χ0n) is 11.1. The van der Waals surface area contributed by atoms with E-state index in [4.69, 9.17) is 10.3 Å². The van der Waals surface area contributed by atoms with Crippen molar-refractivity contribution >= 4 is 26.2 Å². The Hall–Kier alpha value is -2.14. The number of rotatable bonds is 5. The normalized spacial score (nSPS) is 11.9. The predicted octanol–water partition coefficient (Wildman–Crippen LogP) is 0.551. The van der Waals surface area contributed by atoms with E-state index in [0.29, 0.717) is 5.69 Å². The molecule has 0 saturated carbocycles. The highest BCUT2D eigenvalue weighted by molar-refractivity contribution is 7.90. The maximum absolute atomic E-state index is 10.9. The molecule has 0 saturated heterocycles. The van der Waals surface area contributed by atoms with E-state index >= 15 is 0 Å². The van der Waals surface area contributed by atoms with Gasteiger partial charge in [-0.2, -0.15) is 22.0 Å². The van der Waals surface area contributed by atoms with Crippen LogP contribution >= 0.6 is 0 Å². The van der Waals surface area contributed by atoms with Gasteiger partial charge in [0.1, 0.15) is 5.75 Å². The summed E-state index contributed by atoms with van der Waals surface area (Å²) in [6.07, 6.45) is 0. The molecule has 10 heteroatoms. The fourth-order valence-electron chi connectivity index (χ4n) is 1.73. The molecule has 0 aliphatic rings. The lowest BCUT2D eigenvalue weighted by molar-refractivity contribution is 0.488. The zero-order valence-corrected chi connectivity index (χ0v) is 12.8. The van der Waals surface area contributed by atoms with Crippen LogP contribution in [0.25, 0.3) is 11.1 Å². The largest absolute Gasteiger partial charge is 0.380 e. The van der Waals surface area contributed by atoms with Crippen molar-refractivity contribution in [3.63, 3.8) is 0 Å². The van der Waals surface area contributed by atoms with Gasteiger partial charge in [0.05, 0.1) is 0 Å². The number of anilines is 1. The standard InChI is InChI=1S/C12H13N3O5S2/c13-21(16,17)15-11-5-1-9(2-6-11)10-3-7-12(8-4-10)20-22(14,18)19/h1-8,15H,(H2,13,16,17)(H2,14,18,19). The second-order valence-electron chi connectivity index (χ2n) is 4.32. The Labute approximate surface area is 128 Å². The van der Waals surface area contributed by atoms with Gasteiger partial charge in [-0.25, -0.2) is 5.14 Å². The molecule has 0 aliphatic carbocycles. The minimum atomic E-state index is -4.05. The molecule has 2 aromatic rings. The SMILES string of the molecule is NS(=O)(=O)Nc1ccc(-c2ccc(OS(N)(=O)=O)cc2)cc1. The lowest BCUT2D eigenvalue weighted by atomic mass is 10.1. The summed E-state index contributed by atoms with van der Waals surface area (Å²) in [5.74, 6) is 0.0961. The molecule has 0 spiro atoms. The second-order valence-corrected chi connectivity index (χ2v) is 6.77. The van der Waals surface area contributed by atoms with Gasteiger partial charge < -0.3 is 4.18 Å². The van der Waals surface area contributed by atoms with Crippen molar-refractivity contribution in [3.05, 3.63) is 48.5 Å².